The minimum Gasteiger partial charge on any atom is -0.496 e. The Morgan fingerprint density at radius 2 is 2.29 bits per heavy atom. The number of halogens is 1. The molecule has 1 aromatic carbocycles. The molecule has 0 unspecified atom stereocenters. The number of benzene rings is 1. The highest BCUT2D eigenvalue weighted by molar-refractivity contribution is 9.10. The average Bonchev–Trinajstić information content (AvgIpc) is 3.19. The van der Waals surface area contributed by atoms with Gasteiger partial charge in [0.05, 0.1) is 18.4 Å². The molecule has 2 aromatic heterocycles. The van der Waals surface area contributed by atoms with Gasteiger partial charge >= 0.3 is 5.69 Å². The van der Waals surface area contributed by atoms with Crippen LogP contribution >= 0.6 is 39.0 Å². The lowest BCUT2D eigenvalue weighted by molar-refractivity contribution is 0.416. The molecule has 0 aliphatic heterocycles. The minimum absolute atomic E-state index is 0.183. The highest BCUT2D eigenvalue weighted by atomic mass is 79.9. The van der Waals surface area contributed by atoms with Gasteiger partial charge < -0.3 is 4.74 Å². The number of hydrogen-bond acceptors (Lipinski definition) is 6. The molecule has 0 amide bonds. The molecule has 0 aliphatic rings. The average molecular weight is 427 g/mol. The Kier molecular flexibility index (Phi) is 5.42. The third-order valence-electron chi connectivity index (χ3n) is 3.33. The summed E-state index contributed by atoms with van der Waals surface area (Å²) in [6.07, 6.45) is 0. The zero-order valence-corrected chi connectivity index (χ0v) is 16.3. The highest BCUT2D eigenvalue weighted by Gasteiger charge is 2.13. The van der Waals surface area contributed by atoms with Gasteiger partial charge in [-0.1, -0.05) is 27.7 Å². The van der Waals surface area contributed by atoms with E-state index in [9.17, 15) is 4.79 Å². The summed E-state index contributed by atoms with van der Waals surface area (Å²) in [5, 5.41) is 10.1. The van der Waals surface area contributed by atoms with Gasteiger partial charge in [0.25, 0.3) is 0 Å². The van der Waals surface area contributed by atoms with Crippen LogP contribution in [0, 0.1) is 0 Å². The molecule has 0 atom stereocenters. The number of thiazole rings is 1. The maximum atomic E-state index is 11.6. The minimum atomic E-state index is -0.183. The topological polar surface area (TPSA) is 72.8 Å². The molecule has 24 heavy (non-hydrogen) atoms. The first kappa shape index (κ1) is 17.2. The summed E-state index contributed by atoms with van der Waals surface area (Å²) in [5.41, 5.74) is 1.72. The van der Waals surface area contributed by atoms with Crippen molar-refractivity contribution in [1.29, 1.82) is 0 Å². The summed E-state index contributed by atoms with van der Waals surface area (Å²) < 4.78 is 8.00. The lowest BCUT2D eigenvalue weighted by Crippen LogP contribution is -2.16. The van der Waals surface area contributed by atoms with Crippen LogP contribution in [-0.2, 0) is 12.3 Å². The number of nitrogens with one attached hydrogen (secondary N) is 1. The van der Waals surface area contributed by atoms with Crippen molar-refractivity contribution in [1.82, 2.24) is 19.7 Å². The van der Waals surface area contributed by atoms with Gasteiger partial charge in [-0.2, -0.15) is 0 Å². The lowest BCUT2D eigenvalue weighted by atomic mass is 10.2. The fraction of sp³-hybridized carbons (Fsp3) is 0.267. The number of ether oxygens (including phenoxy) is 1. The Hall–Kier alpha value is -1.58. The molecule has 0 aliphatic carbocycles. The third-order valence-corrected chi connectivity index (χ3v) is 5.76. The number of thioether (sulfide) groups is 1. The lowest BCUT2D eigenvalue weighted by Gasteiger charge is -2.06. The molecule has 2 heterocycles. The van der Waals surface area contributed by atoms with Gasteiger partial charge in [-0.05, 0) is 25.1 Å². The Bertz CT molecular complexity index is 903. The Morgan fingerprint density at radius 1 is 1.46 bits per heavy atom. The van der Waals surface area contributed by atoms with Crippen LogP contribution in [0.15, 0.2) is 38.0 Å². The van der Waals surface area contributed by atoms with E-state index >= 15 is 0 Å². The van der Waals surface area contributed by atoms with Gasteiger partial charge in [-0.3, -0.25) is 4.57 Å². The van der Waals surface area contributed by atoms with Gasteiger partial charge in [-0.15, -0.1) is 16.4 Å². The van der Waals surface area contributed by atoms with Crippen molar-refractivity contribution in [3.63, 3.8) is 0 Å². The van der Waals surface area contributed by atoms with Crippen molar-refractivity contribution >= 4 is 39.0 Å². The van der Waals surface area contributed by atoms with Gasteiger partial charge in [0.1, 0.15) is 10.8 Å². The summed E-state index contributed by atoms with van der Waals surface area (Å²) in [6.45, 7) is 2.51. The van der Waals surface area contributed by atoms with E-state index in [1.165, 1.54) is 11.8 Å². The van der Waals surface area contributed by atoms with E-state index in [0.717, 1.165) is 26.5 Å². The zero-order valence-electron chi connectivity index (χ0n) is 13.1. The van der Waals surface area contributed by atoms with E-state index in [1.807, 2.05) is 30.5 Å². The Morgan fingerprint density at radius 3 is 3.04 bits per heavy atom. The van der Waals surface area contributed by atoms with Crippen LogP contribution in [0.4, 0.5) is 0 Å². The van der Waals surface area contributed by atoms with Crippen molar-refractivity contribution in [3.8, 4) is 16.3 Å². The second kappa shape index (κ2) is 7.54. The van der Waals surface area contributed by atoms with Gasteiger partial charge in [0, 0.05) is 22.2 Å². The van der Waals surface area contributed by atoms with Crippen LogP contribution in [0.25, 0.3) is 10.6 Å². The van der Waals surface area contributed by atoms with Gasteiger partial charge in [0.15, 0.2) is 5.16 Å². The first-order valence-corrected chi connectivity index (χ1v) is 9.84. The predicted molar refractivity (Wildman–Crippen MR) is 99.9 cm³/mol. The fourth-order valence-corrected chi connectivity index (χ4v) is 4.38. The zero-order chi connectivity index (χ0) is 17.1. The molecule has 3 aromatic rings. The van der Waals surface area contributed by atoms with E-state index in [2.05, 4.69) is 31.1 Å². The smallest absolute Gasteiger partial charge is 0.343 e. The Balaban J connectivity index is 1.79. The van der Waals surface area contributed by atoms with E-state index in [-0.39, 0.29) is 5.69 Å². The number of H-pyrrole nitrogens is 1. The highest BCUT2D eigenvalue weighted by Crippen LogP contribution is 2.35. The van der Waals surface area contributed by atoms with E-state index in [4.69, 9.17) is 4.74 Å². The first-order valence-electron chi connectivity index (χ1n) is 7.18. The molecule has 0 saturated carbocycles. The first-order chi connectivity index (χ1) is 11.6. The van der Waals surface area contributed by atoms with E-state index in [0.29, 0.717) is 17.5 Å². The second-order valence-electron chi connectivity index (χ2n) is 4.83. The predicted octanol–water partition coefficient (Wildman–Crippen LogP) is 3.78. The molecule has 9 heteroatoms. The monoisotopic (exact) mass is 426 g/mol. The molecule has 1 N–H and O–H groups in total. The molecule has 0 fully saturated rings. The molecule has 0 saturated heterocycles. The summed E-state index contributed by atoms with van der Waals surface area (Å²) in [4.78, 5) is 16.3. The van der Waals surface area contributed by atoms with Crippen molar-refractivity contribution in [3.05, 3.63) is 44.2 Å². The maximum Gasteiger partial charge on any atom is 0.343 e. The third kappa shape index (κ3) is 3.57. The molecular formula is C15H15BrN4O2S2. The second-order valence-corrected chi connectivity index (χ2v) is 7.55. The molecule has 6 nitrogen and oxygen atoms in total. The normalized spacial score (nSPS) is 11.0. The SMILES string of the molecule is CCn1c(SCc2csc(-c3cc(Br)ccc3OC)n2)n[nH]c1=O. The maximum absolute atomic E-state index is 11.6. The molecule has 3 rings (SSSR count). The molecule has 0 spiro atoms. The fourth-order valence-electron chi connectivity index (χ4n) is 2.18. The van der Waals surface area contributed by atoms with Crippen LogP contribution in [0.5, 0.6) is 5.75 Å². The summed E-state index contributed by atoms with van der Waals surface area (Å²) in [6, 6.07) is 5.85. The van der Waals surface area contributed by atoms with Crippen LogP contribution < -0.4 is 10.4 Å². The molecular weight excluding hydrogens is 412 g/mol. The largest absolute Gasteiger partial charge is 0.496 e. The number of hydrogen-bond donors (Lipinski definition) is 1. The number of nitrogens with zero attached hydrogens (tertiary/aromatic N) is 3. The Labute approximate surface area is 155 Å². The number of methoxy groups -OCH3 is 1. The van der Waals surface area contributed by atoms with Crippen molar-refractivity contribution in [2.45, 2.75) is 24.4 Å². The standard InChI is InChI=1S/C15H15BrN4O2S2/c1-3-20-14(21)18-19-15(20)24-8-10-7-23-13(17-10)11-6-9(16)4-5-12(11)22-2/h4-7H,3,8H2,1-2H3,(H,18,21). The number of aromatic amines is 1. The quantitative estimate of drug-likeness (QED) is 0.607. The molecule has 0 bridgehead atoms. The van der Waals surface area contributed by atoms with E-state index in [1.54, 1.807) is 23.0 Å². The van der Waals surface area contributed by atoms with Crippen LogP contribution in [0.2, 0.25) is 0 Å². The van der Waals surface area contributed by atoms with Crippen LogP contribution in [0.1, 0.15) is 12.6 Å². The van der Waals surface area contributed by atoms with Crippen molar-refractivity contribution < 1.29 is 4.74 Å². The molecule has 0 radical (unpaired) electrons. The summed E-state index contributed by atoms with van der Waals surface area (Å²) in [7, 11) is 1.65. The van der Waals surface area contributed by atoms with Crippen molar-refractivity contribution in [2.75, 3.05) is 7.11 Å². The van der Waals surface area contributed by atoms with Crippen LogP contribution in [-0.4, -0.2) is 26.9 Å². The molecule has 126 valence electrons. The van der Waals surface area contributed by atoms with Crippen molar-refractivity contribution in [2.24, 2.45) is 0 Å². The number of rotatable bonds is 6. The number of aromatic nitrogens is 4. The summed E-state index contributed by atoms with van der Waals surface area (Å²) in [5.74, 6) is 1.44. The van der Waals surface area contributed by atoms with Crippen LogP contribution in [0.3, 0.4) is 0 Å². The van der Waals surface area contributed by atoms with Gasteiger partial charge in [0.2, 0.25) is 0 Å². The van der Waals surface area contributed by atoms with E-state index < -0.39 is 0 Å². The summed E-state index contributed by atoms with van der Waals surface area (Å²) >= 11 is 6.54. The van der Waals surface area contributed by atoms with Gasteiger partial charge in [-0.25, -0.2) is 14.9 Å².